The molecule has 3 aromatic rings. The van der Waals surface area contributed by atoms with Gasteiger partial charge >= 0.3 is 0 Å². The number of ether oxygens (including phenoxy) is 1. The highest BCUT2D eigenvalue weighted by molar-refractivity contribution is 5.72. The molecule has 2 aromatic carbocycles. The lowest BCUT2D eigenvalue weighted by Gasteiger charge is -2.11. The van der Waals surface area contributed by atoms with Crippen LogP contribution in [0.4, 0.5) is 11.5 Å². The average Bonchev–Trinajstić information content (AvgIpc) is 2.89. The van der Waals surface area contributed by atoms with Gasteiger partial charge in [-0.25, -0.2) is 4.68 Å². The number of anilines is 1. The summed E-state index contributed by atoms with van der Waals surface area (Å²) in [7, 11) is 1.65. The fraction of sp³-hybridized carbons (Fsp3) is 0.286. The Morgan fingerprint density at radius 1 is 1.21 bits per heavy atom. The molecule has 1 aliphatic rings. The number of nitro benzene ring substituents is 1. The number of hydrogen-bond donors (Lipinski definition) is 1. The molecule has 7 nitrogen and oxygen atoms in total. The number of benzene rings is 2. The zero-order valence-electron chi connectivity index (χ0n) is 15.9. The second kappa shape index (κ2) is 7.34. The predicted octanol–water partition coefficient (Wildman–Crippen LogP) is 4.51. The Morgan fingerprint density at radius 2 is 2.07 bits per heavy atom. The lowest BCUT2D eigenvalue weighted by molar-refractivity contribution is -0.384. The van der Waals surface area contributed by atoms with E-state index in [0.717, 1.165) is 59.8 Å². The van der Waals surface area contributed by atoms with Crippen molar-refractivity contribution < 1.29 is 9.66 Å². The molecule has 0 unspecified atom stereocenters. The van der Waals surface area contributed by atoms with E-state index < -0.39 is 0 Å². The van der Waals surface area contributed by atoms with Crippen molar-refractivity contribution in [2.24, 2.45) is 0 Å². The Morgan fingerprint density at radius 3 is 2.86 bits per heavy atom. The molecular formula is C21H22N4O3. The largest absolute Gasteiger partial charge is 0.497 e. The molecular weight excluding hydrogens is 356 g/mol. The van der Waals surface area contributed by atoms with Crippen molar-refractivity contribution in [3.8, 4) is 22.7 Å². The van der Waals surface area contributed by atoms with E-state index in [1.807, 2.05) is 35.9 Å². The van der Waals surface area contributed by atoms with Gasteiger partial charge in [-0.15, -0.1) is 0 Å². The highest BCUT2D eigenvalue weighted by Crippen LogP contribution is 2.36. The van der Waals surface area contributed by atoms with Gasteiger partial charge in [0.15, 0.2) is 0 Å². The van der Waals surface area contributed by atoms with Crippen LogP contribution in [0, 0.1) is 17.0 Å². The van der Waals surface area contributed by atoms with E-state index >= 15 is 0 Å². The molecule has 144 valence electrons. The molecule has 1 N–H and O–H groups in total. The van der Waals surface area contributed by atoms with Gasteiger partial charge in [0, 0.05) is 29.8 Å². The summed E-state index contributed by atoms with van der Waals surface area (Å²) in [6.07, 6.45) is 3.04. The third-order valence-corrected chi connectivity index (χ3v) is 5.10. The zero-order chi connectivity index (χ0) is 19.7. The van der Waals surface area contributed by atoms with Crippen molar-refractivity contribution in [1.82, 2.24) is 9.78 Å². The number of nitrogens with one attached hydrogen (secondary N) is 1. The minimum absolute atomic E-state index is 0.0569. The van der Waals surface area contributed by atoms with Crippen LogP contribution in [-0.2, 0) is 6.42 Å². The third-order valence-electron chi connectivity index (χ3n) is 5.10. The third kappa shape index (κ3) is 3.19. The number of methoxy groups -OCH3 is 1. The standard InChI is InChI=1S/C21H22N4O3/c1-14-9-10-16(25(26)27)13-19(14)24-21-18(8-3-4-11-22-21)20(23-24)15-6-5-7-17(12-15)28-2/h5-7,9-10,12-13,22H,3-4,8,11H2,1-2H3. The molecule has 1 aromatic heterocycles. The van der Waals surface area contributed by atoms with E-state index in [2.05, 4.69) is 5.32 Å². The Labute approximate surface area is 163 Å². The number of non-ortho nitro benzene ring substituents is 1. The molecule has 0 fully saturated rings. The Kier molecular flexibility index (Phi) is 4.73. The van der Waals surface area contributed by atoms with Gasteiger partial charge in [0.25, 0.3) is 5.69 Å². The molecule has 0 radical (unpaired) electrons. The van der Waals surface area contributed by atoms with Crippen LogP contribution in [0.25, 0.3) is 16.9 Å². The fourth-order valence-corrected chi connectivity index (χ4v) is 3.62. The van der Waals surface area contributed by atoms with Gasteiger partial charge in [-0.1, -0.05) is 18.2 Å². The summed E-state index contributed by atoms with van der Waals surface area (Å²) in [4.78, 5) is 10.9. The van der Waals surface area contributed by atoms with Crippen LogP contribution in [0.3, 0.4) is 0 Å². The molecule has 0 saturated heterocycles. The van der Waals surface area contributed by atoms with Crippen molar-refractivity contribution in [2.45, 2.75) is 26.2 Å². The summed E-state index contributed by atoms with van der Waals surface area (Å²) in [5.41, 5.74) is 4.70. The second-order valence-corrected chi connectivity index (χ2v) is 6.93. The number of nitro groups is 1. The quantitative estimate of drug-likeness (QED) is 0.533. The summed E-state index contributed by atoms with van der Waals surface area (Å²) < 4.78 is 7.19. The summed E-state index contributed by atoms with van der Waals surface area (Å²) in [6.45, 7) is 2.79. The van der Waals surface area contributed by atoms with E-state index in [0.29, 0.717) is 5.69 Å². The van der Waals surface area contributed by atoms with Crippen LogP contribution in [0.15, 0.2) is 42.5 Å². The van der Waals surface area contributed by atoms with Gasteiger partial charge in [0.2, 0.25) is 0 Å². The molecule has 0 atom stereocenters. The Bertz CT molecular complexity index is 1040. The van der Waals surface area contributed by atoms with Gasteiger partial charge in [-0.2, -0.15) is 5.10 Å². The van der Waals surface area contributed by atoms with Crippen molar-refractivity contribution in [3.63, 3.8) is 0 Å². The molecule has 2 heterocycles. The van der Waals surface area contributed by atoms with Gasteiger partial charge in [-0.05, 0) is 43.9 Å². The number of rotatable bonds is 4. The number of aryl methyl sites for hydroxylation is 1. The maximum Gasteiger partial charge on any atom is 0.271 e. The summed E-state index contributed by atoms with van der Waals surface area (Å²) in [6, 6.07) is 12.7. The molecule has 28 heavy (non-hydrogen) atoms. The number of fused-ring (bicyclic) bond motifs is 1. The Hall–Kier alpha value is -3.35. The van der Waals surface area contributed by atoms with Crippen molar-refractivity contribution in [1.29, 1.82) is 0 Å². The molecule has 0 amide bonds. The lowest BCUT2D eigenvalue weighted by atomic mass is 10.0. The number of aromatic nitrogens is 2. The van der Waals surface area contributed by atoms with E-state index in [4.69, 9.17) is 9.84 Å². The fourth-order valence-electron chi connectivity index (χ4n) is 3.62. The first-order valence-corrected chi connectivity index (χ1v) is 9.34. The van der Waals surface area contributed by atoms with E-state index in [9.17, 15) is 10.1 Å². The second-order valence-electron chi connectivity index (χ2n) is 6.93. The van der Waals surface area contributed by atoms with Crippen LogP contribution in [0.5, 0.6) is 5.75 Å². The summed E-state index contributed by atoms with van der Waals surface area (Å²) in [5.74, 6) is 1.69. The smallest absolute Gasteiger partial charge is 0.271 e. The lowest BCUT2D eigenvalue weighted by Crippen LogP contribution is -2.08. The minimum Gasteiger partial charge on any atom is -0.497 e. The SMILES string of the molecule is COc1cccc(-c2nn(-c3cc([N+](=O)[O-])ccc3C)c3c2CCCCN3)c1. The van der Waals surface area contributed by atoms with Crippen LogP contribution in [0.1, 0.15) is 24.0 Å². The minimum atomic E-state index is -0.374. The van der Waals surface area contributed by atoms with E-state index in [1.54, 1.807) is 19.2 Å². The van der Waals surface area contributed by atoms with Crippen LogP contribution in [-0.4, -0.2) is 28.4 Å². The van der Waals surface area contributed by atoms with Crippen molar-refractivity contribution >= 4 is 11.5 Å². The predicted molar refractivity (Wildman–Crippen MR) is 108 cm³/mol. The van der Waals surface area contributed by atoms with Gasteiger partial charge in [0.05, 0.1) is 23.4 Å². The zero-order valence-corrected chi connectivity index (χ0v) is 15.9. The highest BCUT2D eigenvalue weighted by atomic mass is 16.6. The normalized spacial score (nSPS) is 13.4. The Balaban J connectivity index is 1.93. The topological polar surface area (TPSA) is 82.2 Å². The molecule has 1 aliphatic heterocycles. The number of hydrogen-bond acceptors (Lipinski definition) is 5. The van der Waals surface area contributed by atoms with Gasteiger partial charge in [0.1, 0.15) is 11.6 Å². The van der Waals surface area contributed by atoms with Crippen molar-refractivity contribution in [2.75, 3.05) is 19.0 Å². The first kappa shape index (κ1) is 18.0. The molecule has 7 heteroatoms. The first-order chi connectivity index (χ1) is 13.6. The first-order valence-electron chi connectivity index (χ1n) is 9.34. The van der Waals surface area contributed by atoms with Crippen LogP contribution < -0.4 is 10.1 Å². The molecule has 0 saturated carbocycles. The van der Waals surface area contributed by atoms with E-state index in [-0.39, 0.29) is 10.6 Å². The van der Waals surface area contributed by atoms with Crippen LogP contribution >= 0.6 is 0 Å². The van der Waals surface area contributed by atoms with Gasteiger partial charge in [-0.3, -0.25) is 10.1 Å². The monoisotopic (exact) mass is 378 g/mol. The molecule has 0 aliphatic carbocycles. The van der Waals surface area contributed by atoms with E-state index in [1.165, 1.54) is 6.07 Å². The maximum absolute atomic E-state index is 11.3. The highest BCUT2D eigenvalue weighted by Gasteiger charge is 2.23. The average molecular weight is 378 g/mol. The summed E-state index contributed by atoms with van der Waals surface area (Å²) >= 11 is 0. The summed E-state index contributed by atoms with van der Waals surface area (Å²) in [5, 5.41) is 19.7. The molecule has 4 rings (SSSR count). The number of nitrogens with zero attached hydrogens (tertiary/aromatic N) is 3. The van der Waals surface area contributed by atoms with Gasteiger partial charge < -0.3 is 10.1 Å². The molecule has 0 bridgehead atoms. The van der Waals surface area contributed by atoms with Crippen molar-refractivity contribution in [3.05, 3.63) is 63.7 Å². The molecule has 0 spiro atoms. The maximum atomic E-state index is 11.3. The van der Waals surface area contributed by atoms with Crippen LogP contribution in [0.2, 0.25) is 0 Å².